The topological polar surface area (TPSA) is 36.9 Å². The Bertz CT molecular complexity index is 600. The van der Waals surface area contributed by atoms with Gasteiger partial charge in [0.15, 0.2) is 10.4 Å². The first-order chi connectivity index (χ1) is 8.79. The molecule has 0 saturated carbocycles. The summed E-state index contributed by atoms with van der Waals surface area (Å²) in [5.74, 6) is 0. The van der Waals surface area contributed by atoms with E-state index in [1.165, 1.54) is 19.4 Å². The fourth-order valence-electron chi connectivity index (χ4n) is 2.89. The summed E-state index contributed by atoms with van der Waals surface area (Å²) in [6.07, 6.45) is 4.38. The van der Waals surface area contributed by atoms with E-state index in [9.17, 15) is 0 Å². The number of hydrogen-bond acceptors (Lipinski definition) is 3. The summed E-state index contributed by atoms with van der Waals surface area (Å²) < 4.78 is 2.93. The van der Waals surface area contributed by atoms with E-state index >= 15 is 0 Å². The van der Waals surface area contributed by atoms with Crippen LogP contribution in [0.25, 0.3) is 11.2 Å². The summed E-state index contributed by atoms with van der Waals surface area (Å²) >= 11 is 5.41. The monoisotopic (exact) mass is 262 g/mol. The maximum Gasteiger partial charge on any atom is 0.179 e. The number of likely N-dealkylation sites (N-methyl/N-ethyl adjacent to an activating group) is 1. The second kappa shape index (κ2) is 4.82. The Labute approximate surface area is 112 Å². The van der Waals surface area contributed by atoms with E-state index < -0.39 is 0 Å². The van der Waals surface area contributed by atoms with Gasteiger partial charge in [0.2, 0.25) is 0 Å². The molecule has 1 aliphatic heterocycles. The number of fused-ring (bicyclic) bond motifs is 1. The molecule has 2 aromatic heterocycles. The molecule has 3 heterocycles. The van der Waals surface area contributed by atoms with Crippen LogP contribution < -0.4 is 0 Å². The fourth-order valence-corrected chi connectivity index (χ4v) is 3.16. The van der Waals surface area contributed by atoms with Gasteiger partial charge in [0.05, 0.1) is 5.52 Å². The van der Waals surface area contributed by atoms with E-state index in [1.807, 2.05) is 18.3 Å². The molecule has 0 aliphatic carbocycles. The van der Waals surface area contributed by atoms with E-state index in [2.05, 4.69) is 26.4 Å². The van der Waals surface area contributed by atoms with Crippen molar-refractivity contribution in [2.24, 2.45) is 0 Å². The third-order valence-corrected chi connectivity index (χ3v) is 4.15. The number of aromatic amines is 1. The average molecular weight is 262 g/mol. The third-order valence-electron chi connectivity index (χ3n) is 3.83. The van der Waals surface area contributed by atoms with Crippen LogP contribution in [0.15, 0.2) is 18.3 Å². The van der Waals surface area contributed by atoms with Crippen LogP contribution in [0.3, 0.4) is 0 Å². The molecule has 1 unspecified atom stereocenters. The zero-order valence-electron chi connectivity index (χ0n) is 10.6. The Hall–Kier alpha value is -1.20. The first-order valence-corrected chi connectivity index (χ1v) is 6.98. The molecule has 18 heavy (non-hydrogen) atoms. The van der Waals surface area contributed by atoms with Crippen LogP contribution in [0.4, 0.5) is 0 Å². The number of likely N-dealkylation sites (tertiary alicyclic amines) is 1. The fraction of sp³-hybridized carbons (Fsp3) is 0.538. The van der Waals surface area contributed by atoms with Gasteiger partial charge in [-0.2, -0.15) is 0 Å². The number of nitrogens with zero attached hydrogens (tertiary/aromatic N) is 3. The van der Waals surface area contributed by atoms with E-state index in [-0.39, 0.29) is 0 Å². The van der Waals surface area contributed by atoms with E-state index in [1.54, 1.807) is 0 Å². The Morgan fingerprint density at radius 3 is 3.28 bits per heavy atom. The summed E-state index contributed by atoms with van der Waals surface area (Å²) in [5, 5.41) is 0. The number of nitrogens with one attached hydrogen (secondary N) is 1. The lowest BCUT2D eigenvalue weighted by molar-refractivity contribution is 0.245. The summed E-state index contributed by atoms with van der Waals surface area (Å²) in [6, 6.07) is 4.56. The van der Waals surface area contributed by atoms with Crippen molar-refractivity contribution in [3.05, 3.63) is 23.1 Å². The summed E-state index contributed by atoms with van der Waals surface area (Å²) in [6.45, 7) is 5.51. The standard InChI is InChI=1S/C13H18N4S/c1-2-16-8-4-5-10(16)9-17-12-11(15-13(17)18)6-3-7-14-12/h3,6-7,10H,2,4-5,8-9H2,1H3,(H,15,18). The van der Waals surface area contributed by atoms with Crippen LogP contribution in [0.5, 0.6) is 0 Å². The third kappa shape index (κ3) is 1.97. The Morgan fingerprint density at radius 1 is 1.56 bits per heavy atom. The smallest absolute Gasteiger partial charge is 0.179 e. The quantitative estimate of drug-likeness (QED) is 0.864. The molecule has 0 bridgehead atoms. The predicted molar refractivity (Wildman–Crippen MR) is 75.2 cm³/mol. The van der Waals surface area contributed by atoms with Crippen molar-refractivity contribution in [3.63, 3.8) is 0 Å². The molecule has 3 rings (SSSR count). The van der Waals surface area contributed by atoms with Crippen molar-refractivity contribution in [2.75, 3.05) is 13.1 Å². The zero-order chi connectivity index (χ0) is 12.5. The number of aromatic nitrogens is 3. The Morgan fingerprint density at radius 2 is 2.44 bits per heavy atom. The molecule has 0 radical (unpaired) electrons. The van der Waals surface area contributed by atoms with E-state index in [0.717, 1.165) is 29.0 Å². The average Bonchev–Trinajstić information content (AvgIpc) is 2.95. The first-order valence-electron chi connectivity index (χ1n) is 6.57. The highest BCUT2D eigenvalue weighted by molar-refractivity contribution is 7.71. The van der Waals surface area contributed by atoms with Crippen molar-refractivity contribution >= 4 is 23.4 Å². The molecule has 4 nitrogen and oxygen atoms in total. The van der Waals surface area contributed by atoms with E-state index in [0.29, 0.717) is 6.04 Å². The number of pyridine rings is 1. The molecule has 0 amide bonds. The van der Waals surface area contributed by atoms with Crippen molar-refractivity contribution in [1.82, 2.24) is 19.4 Å². The number of H-pyrrole nitrogens is 1. The predicted octanol–water partition coefficient (Wildman–Crippen LogP) is 2.58. The molecule has 1 fully saturated rings. The molecular weight excluding hydrogens is 244 g/mol. The summed E-state index contributed by atoms with van der Waals surface area (Å²) in [5.41, 5.74) is 2.01. The van der Waals surface area contributed by atoms with Gasteiger partial charge >= 0.3 is 0 Å². The van der Waals surface area contributed by atoms with Gasteiger partial charge in [0.1, 0.15) is 0 Å². The normalized spacial score (nSPS) is 20.8. The lowest BCUT2D eigenvalue weighted by Crippen LogP contribution is -2.32. The second-order valence-corrected chi connectivity index (χ2v) is 5.23. The minimum Gasteiger partial charge on any atom is -0.329 e. The van der Waals surface area contributed by atoms with Crippen molar-refractivity contribution in [1.29, 1.82) is 0 Å². The highest BCUT2D eigenvalue weighted by atomic mass is 32.1. The van der Waals surface area contributed by atoms with Crippen LogP contribution in [-0.2, 0) is 6.54 Å². The number of rotatable bonds is 3. The van der Waals surface area contributed by atoms with E-state index in [4.69, 9.17) is 12.2 Å². The molecule has 1 aliphatic rings. The van der Waals surface area contributed by atoms with Crippen LogP contribution >= 0.6 is 12.2 Å². The summed E-state index contributed by atoms with van der Waals surface area (Å²) in [4.78, 5) is 10.2. The molecule has 0 spiro atoms. The maximum atomic E-state index is 5.41. The van der Waals surface area contributed by atoms with Gasteiger partial charge in [0, 0.05) is 18.8 Å². The minimum absolute atomic E-state index is 0.600. The van der Waals surface area contributed by atoms with Gasteiger partial charge in [-0.05, 0) is 50.3 Å². The molecule has 96 valence electrons. The molecule has 2 aromatic rings. The molecule has 0 aromatic carbocycles. The maximum absolute atomic E-state index is 5.41. The van der Waals surface area contributed by atoms with Crippen molar-refractivity contribution < 1.29 is 0 Å². The van der Waals surface area contributed by atoms with Gasteiger partial charge in [-0.15, -0.1) is 0 Å². The first kappa shape index (κ1) is 11.9. The number of imidazole rings is 1. The zero-order valence-corrected chi connectivity index (χ0v) is 11.4. The van der Waals surface area contributed by atoms with Crippen LogP contribution in [0.1, 0.15) is 19.8 Å². The van der Waals surface area contributed by atoms with Crippen LogP contribution in [0.2, 0.25) is 0 Å². The lowest BCUT2D eigenvalue weighted by atomic mass is 10.2. The van der Waals surface area contributed by atoms with Gasteiger partial charge in [0.25, 0.3) is 0 Å². The molecule has 1 saturated heterocycles. The van der Waals surface area contributed by atoms with Crippen LogP contribution in [0, 0.1) is 4.77 Å². The molecular formula is C13H18N4S. The highest BCUT2D eigenvalue weighted by Gasteiger charge is 2.24. The molecule has 1 N–H and O–H groups in total. The lowest BCUT2D eigenvalue weighted by Gasteiger charge is -2.23. The van der Waals surface area contributed by atoms with Gasteiger partial charge in [-0.25, -0.2) is 4.98 Å². The minimum atomic E-state index is 0.600. The Kier molecular flexibility index (Phi) is 3.18. The second-order valence-electron chi connectivity index (χ2n) is 4.84. The van der Waals surface area contributed by atoms with Gasteiger partial charge < -0.3 is 4.98 Å². The molecule has 1 atom stereocenters. The molecule has 5 heteroatoms. The number of hydrogen-bond donors (Lipinski definition) is 1. The van der Waals surface area contributed by atoms with Gasteiger partial charge in [-0.3, -0.25) is 9.47 Å². The van der Waals surface area contributed by atoms with Crippen LogP contribution in [-0.4, -0.2) is 38.6 Å². The summed E-state index contributed by atoms with van der Waals surface area (Å²) in [7, 11) is 0. The van der Waals surface area contributed by atoms with Crippen molar-refractivity contribution in [2.45, 2.75) is 32.4 Å². The van der Waals surface area contributed by atoms with Crippen molar-refractivity contribution in [3.8, 4) is 0 Å². The van der Waals surface area contributed by atoms with Gasteiger partial charge in [-0.1, -0.05) is 6.92 Å². The SMILES string of the molecule is CCN1CCCC1Cn1c(=S)[nH]c2cccnc21. The highest BCUT2D eigenvalue weighted by Crippen LogP contribution is 2.20. The largest absolute Gasteiger partial charge is 0.329 e. The Balaban J connectivity index is 1.95.